The van der Waals surface area contributed by atoms with Gasteiger partial charge in [0.25, 0.3) is 6.01 Å². The van der Waals surface area contributed by atoms with E-state index >= 15 is 0 Å². The Morgan fingerprint density at radius 3 is 2.23 bits per heavy atom. The fraction of sp³-hybridized carbons (Fsp3) is 0.130. The number of nitrogens with one attached hydrogen (secondary N) is 2. The average molecular weight is 405 g/mol. The zero-order valence-corrected chi connectivity index (χ0v) is 15.7. The van der Waals surface area contributed by atoms with Crippen molar-refractivity contribution in [1.29, 1.82) is 0 Å². The van der Waals surface area contributed by atoms with Gasteiger partial charge >= 0.3 is 0 Å². The summed E-state index contributed by atoms with van der Waals surface area (Å²) in [5, 5.41) is 12.3. The lowest BCUT2D eigenvalue weighted by atomic mass is 9.94. The molecule has 1 saturated heterocycles. The second-order valence-electron chi connectivity index (χ2n) is 7.34. The lowest BCUT2D eigenvalue weighted by Gasteiger charge is -2.10. The lowest BCUT2D eigenvalue weighted by Crippen LogP contribution is -2.17. The van der Waals surface area contributed by atoms with E-state index < -0.39 is 17.6 Å². The summed E-state index contributed by atoms with van der Waals surface area (Å²) in [7, 11) is 0. The summed E-state index contributed by atoms with van der Waals surface area (Å²) in [4.78, 5) is 17.9. The minimum absolute atomic E-state index is 0.0540. The van der Waals surface area contributed by atoms with Crippen molar-refractivity contribution in [3.63, 3.8) is 0 Å². The highest BCUT2D eigenvalue weighted by molar-refractivity contribution is 5.86. The molecule has 3 N–H and O–H groups in total. The van der Waals surface area contributed by atoms with E-state index in [2.05, 4.69) is 15.3 Å². The Kier molecular flexibility index (Phi) is 4.24. The number of benzene rings is 3. The van der Waals surface area contributed by atoms with E-state index in [0.29, 0.717) is 12.1 Å². The predicted molar refractivity (Wildman–Crippen MR) is 109 cm³/mol. The molecule has 0 spiro atoms. The van der Waals surface area contributed by atoms with E-state index in [-0.39, 0.29) is 28.4 Å². The van der Waals surface area contributed by atoms with Crippen LogP contribution in [0.15, 0.2) is 54.6 Å². The minimum atomic E-state index is -0.825. The van der Waals surface area contributed by atoms with Crippen molar-refractivity contribution >= 4 is 16.9 Å². The third-order valence-corrected chi connectivity index (χ3v) is 5.53. The van der Waals surface area contributed by atoms with Crippen LogP contribution in [0.3, 0.4) is 0 Å². The molecule has 0 saturated carbocycles. The van der Waals surface area contributed by atoms with Gasteiger partial charge in [-0.05, 0) is 28.7 Å². The molecular formula is C23H17F2N3O2. The van der Waals surface area contributed by atoms with Gasteiger partial charge in [-0.1, -0.05) is 48.5 Å². The van der Waals surface area contributed by atoms with E-state index in [9.17, 15) is 18.7 Å². The maximum atomic E-state index is 14.8. The van der Waals surface area contributed by atoms with Crippen LogP contribution in [0.2, 0.25) is 0 Å². The third-order valence-electron chi connectivity index (χ3n) is 5.53. The second-order valence-corrected chi connectivity index (χ2v) is 7.34. The largest absolute Gasteiger partial charge is 0.480 e. The van der Waals surface area contributed by atoms with Crippen molar-refractivity contribution in [3.8, 4) is 28.3 Å². The van der Waals surface area contributed by atoms with Crippen LogP contribution in [0, 0.1) is 11.6 Å². The molecule has 5 rings (SSSR count). The van der Waals surface area contributed by atoms with Crippen molar-refractivity contribution in [1.82, 2.24) is 15.3 Å². The quantitative estimate of drug-likeness (QED) is 0.470. The van der Waals surface area contributed by atoms with E-state index in [1.54, 1.807) is 24.3 Å². The fourth-order valence-corrected chi connectivity index (χ4v) is 3.98. The maximum absolute atomic E-state index is 14.8. The number of hydrogen-bond acceptors (Lipinski definition) is 3. The van der Waals surface area contributed by atoms with Crippen molar-refractivity contribution in [3.05, 3.63) is 71.8 Å². The Balaban J connectivity index is 1.46. The Bertz CT molecular complexity index is 1260. The second kappa shape index (κ2) is 6.95. The SMILES string of the molecule is O=C1NCCC1c1ccc(-c2ccc(-c3c(F)cc4[nH]c(O)nc4c3F)cc2)cc1. The summed E-state index contributed by atoms with van der Waals surface area (Å²) in [6.07, 6.45) is 0.794. The molecule has 4 aromatic rings. The number of aromatic nitrogens is 2. The van der Waals surface area contributed by atoms with Crippen molar-refractivity contribution in [2.24, 2.45) is 0 Å². The summed E-state index contributed by atoms with van der Waals surface area (Å²) in [5.41, 5.74) is 2.97. The summed E-state index contributed by atoms with van der Waals surface area (Å²) in [6.45, 7) is 0.698. The molecule has 30 heavy (non-hydrogen) atoms. The first kappa shape index (κ1) is 18.3. The average Bonchev–Trinajstić information content (AvgIpc) is 3.34. The number of carbonyl (C=O) groups is 1. The third kappa shape index (κ3) is 2.99. The van der Waals surface area contributed by atoms with Crippen LogP contribution in [0.5, 0.6) is 6.01 Å². The van der Waals surface area contributed by atoms with Gasteiger partial charge in [0, 0.05) is 12.6 Å². The van der Waals surface area contributed by atoms with Gasteiger partial charge in [0.05, 0.1) is 17.0 Å². The molecule has 1 unspecified atom stereocenters. The summed E-state index contributed by atoms with van der Waals surface area (Å²) >= 11 is 0. The molecule has 150 valence electrons. The smallest absolute Gasteiger partial charge is 0.292 e. The number of nitrogens with zero attached hydrogens (tertiary/aromatic N) is 1. The van der Waals surface area contributed by atoms with E-state index in [4.69, 9.17) is 0 Å². The first-order valence-corrected chi connectivity index (χ1v) is 9.56. The Hall–Kier alpha value is -3.74. The zero-order valence-electron chi connectivity index (χ0n) is 15.7. The van der Waals surface area contributed by atoms with Crippen LogP contribution in [-0.2, 0) is 4.79 Å². The van der Waals surface area contributed by atoms with Gasteiger partial charge < -0.3 is 15.4 Å². The lowest BCUT2D eigenvalue weighted by molar-refractivity contribution is -0.120. The van der Waals surface area contributed by atoms with Crippen molar-refractivity contribution in [2.45, 2.75) is 12.3 Å². The van der Waals surface area contributed by atoms with Gasteiger partial charge in [-0.25, -0.2) is 8.78 Å². The molecule has 1 atom stereocenters. The van der Waals surface area contributed by atoms with Crippen LogP contribution in [-0.4, -0.2) is 27.5 Å². The molecule has 0 aliphatic carbocycles. The molecule has 0 bridgehead atoms. The first-order valence-electron chi connectivity index (χ1n) is 9.56. The number of carbonyl (C=O) groups excluding carboxylic acids is 1. The highest BCUT2D eigenvalue weighted by Gasteiger charge is 2.25. The monoisotopic (exact) mass is 405 g/mol. The molecule has 1 aliphatic rings. The topological polar surface area (TPSA) is 78.0 Å². The van der Waals surface area contributed by atoms with Gasteiger partial charge in [0.1, 0.15) is 11.3 Å². The number of H-pyrrole nitrogens is 1. The Morgan fingerprint density at radius 2 is 1.60 bits per heavy atom. The standard InChI is InChI=1S/C23H17F2N3O2/c24-17-11-18-21(28-23(30)27-18)20(25)19(17)15-7-3-13(4-8-15)12-1-5-14(6-2-12)16-9-10-26-22(16)29/h1-8,11,16H,9-10H2,(H,26,29)(H2,27,28,30). The fourth-order valence-electron chi connectivity index (χ4n) is 3.98. The highest BCUT2D eigenvalue weighted by atomic mass is 19.1. The number of fused-ring (bicyclic) bond motifs is 1. The van der Waals surface area contributed by atoms with E-state index in [1.807, 2.05) is 24.3 Å². The van der Waals surface area contributed by atoms with Crippen LogP contribution >= 0.6 is 0 Å². The highest BCUT2D eigenvalue weighted by Crippen LogP contribution is 2.33. The predicted octanol–water partition coefficient (Wildman–Crippen LogP) is 4.48. The van der Waals surface area contributed by atoms with Gasteiger partial charge in [0.15, 0.2) is 5.82 Å². The molecule has 1 fully saturated rings. The van der Waals surface area contributed by atoms with Crippen molar-refractivity contribution in [2.75, 3.05) is 6.54 Å². The van der Waals surface area contributed by atoms with Crippen LogP contribution in [0.4, 0.5) is 8.78 Å². The molecule has 1 aromatic heterocycles. The summed E-state index contributed by atoms with van der Waals surface area (Å²) in [5.74, 6) is -1.62. The van der Waals surface area contributed by atoms with Crippen LogP contribution in [0.1, 0.15) is 17.9 Å². The first-order chi connectivity index (χ1) is 14.5. The van der Waals surface area contributed by atoms with Crippen LogP contribution < -0.4 is 5.32 Å². The Morgan fingerprint density at radius 1 is 0.967 bits per heavy atom. The summed E-state index contributed by atoms with van der Waals surface area (Å²) in [6, 6.07) is 15.3. The maximum Gasteiger partial charge on any atom is 0.292 e. The normalized spacial score (nSPS) is 16.2. The molecule has 7 heteroatoms. The van der Waals surface area contributed by atoms with Gasteiger partial charge in [-0.2, -0.15) is 4.98 Å². The molecular weight excluding hydrogens is 388 g/mol. The van der Waals surface area contributed by atoms with Gasteiger partial charge in [-0.15, -0.1) is 0 Å². The molecule has 3 aromatic carbocycles. The van der Waals surface area contributed by atoms with Crippen molar-refractivity contribution < 1.29 is 18.7 Å². The number of amides is 1. The molecule has 5 nitrogen and oxygen atoms in total. The number of aromatic hydroxyl groups is 1. The van der Waals surface area contributed by atoms with E-state index in [0.717, 1.165) is 29.2 Å². The zero-order chi connectivity index (χ0) is 20.8. The van der Waals surface area contributed by atoms with Gasteiger partial charge in [0.2, 0.25) is 5.91 Å². The molecule has 2 heterocycles. The number of imidazole rings is 1. The molecule has 1 amide bonds. The number of hydrogen-bond donors (Lipinski definition) is 3. The van der Waals surface area contributed by atoms with E-state index in [1.165, 1.54) is 0 Å². The number of rotatable bonds is 3. The summed E-state index contributed by atoms with van der Waals surface area (Å²) < 4.78 is 29.3. The van der Waals surface area contributed by atoms with Gasteiger partial charge in [-0.3, -0.25) is 4.79 Å². The number of aromatic amines is 1. The van der Waals surface area contributed by atoms with Crippen LogP contribution in [0.25, 0.3) is 33.3 Å². The number of halogens is 2. The Labute approximate surface area is 170 Å². The minimum Gasteiger partial charge on any atom is -0.480 e. The molecule has 1 aliphatic heterocycles. The molecule has 0 radical (unpaired) electrons.